The molecule has 2 atom stereocenters. The van der Waals surface area contributed by atoms with E-state index in [9.17, 15) is 13.2 Å². The van der Waals surface area contributed by atoms with Crippen molar-refractivity contribution in [2.45, 2.75) is 44.4 Å². The van der Waals surface area contributed by atoms with Crippen molar-refractivity contribution in [1.82, 2.24) is 0 Å². The molecule has 2 unspecified atom stereocenters. The summed E-state index contributed by atoms with van der Waals surface area (Å²) in [5.41, 5.74) is 4.18. The summed E-state index contributed by atoms with van der Waals surface area (Å²) in [5, 5.41) is 0.514. The molecule has 30 heavy (non-hydrogen) atoms. The first kappa shape index (κ1) is 21.1. The molecule has 0 N–H and O–H groups in total. The highest BCUT2D eigenvalue weighted by Crippen LogP contribution is 2.41. The fourth-order valence-corrected chi connectivity index (χ4v) is 7.84. The van der Waals surface area contributed by atoms with Gasteiger partial charge in [0.2, 0.25) is 0 Å². The second kappa shape index (κ2) is 8.19. The maximum absolute atomic E-state index is 12.7. The zero-order valence-corrected chi connectivity index (χ0v) is 19.0. The molecular formula is C23H26N2O3S2. The number of hydrogen-bond donors (Lipinski definition) is 0. The number of thioether (sulfide) groups is 1. The number of amides is 1. The normalized spacial score (nSPS) is 23.9. The molecule has 2 aromatic rings. The molecule has 0 saturated carbocycles. The Labute approximate surface area is 182 Å². The molecule has 0 radical (unpaired) electrons. The molecule has 158 valence electrons. The number of carbonyl (C=O) groups excluding carboxylic acids is 1. The predicted octanol–water partition coefficient (Wildman–Crippen LogP) is 3.96. The van der Waals surface area contributed by atoms with Gasteiger partial charge in [0, 0.05) is 10.9 Å². The standard InChI is InChI=1S/C23H26N2O3S2/c1-15(2)18-8-10-19(11-9-18)25-20-13-30(27,28)14-21(20)29-23(25)24-22(26)12-17-6-4-16(3)5-7-17/h4-11,15,20-21H,12-14H2,1-3H3. The summed E-state index contributed by atoms with van der Waals surface area (Å²) in [7, 11) is -3.07. The van der Waals surface area contributed by atoms with Crippen LogP contribution in [0.5, 0.6) is 0 Å². The highest BCUT2D eigenvalue weighted by atomic mass is 32.2. The van der Waals surface area contributed by atoms with E-state index in [1.165, 1.54) is 17.3 Å². The van der Waals surface area contributed by atoms with Crippen molar-refractivity contribution in [3.8, 4) is 0 Å². The number of benzene rings is 2. The van der Waals surface area contributed by atoms with Crippen molar-refractivity contribution in [2.75, 3.05) is 16.4 Å². The second-order valence-electron chi connectivity index (χ2n) is 8.37. The molecule has 2 fully saturated rings. The lowest BCUT2D eigenvalue weighted by Gasteiger charge is -2.25. The fourth-order valence-electron chi connectivity index (χ4n) is 3.91. The first-order valence-corrected chi connectivity index (χ1v) is 12.9. The van der Waals surface area contributed by atoms with Gasteiger partial charge in [-0.2, -0.15) is 4.99 Å². The van der Waals surface area contributed by atoms with Crippen molar-refractivity contribution in [3.05, 3.63) is 65.2 Å². The summed E-state index contributed by atoms with van der Waals surface area (Å²) in [4.78, 5) is 19.0. The Morgan fingerprint density at radius 3 is 2.40 bits per heavy atom. The number of fused-ring (bicyclic) bond motifs is 1. The molecule has 4 rings (SSSR count). The maximum atomic E-state index is 12.7. The van der Waals surface area contributed by atoms with Crippen LogP contribution in [0.25, 0.3) is 0 Å². The van der Waals surface area contributed by atoms with Gasteiger partial charge in [0.05, 0.1) is 24.0 Å². The molecule has 0 spiro atoms. The van der Waals surface area contributed by atoms with Crippen LogP contribution in [0, 0.1) is 6.92 Å². The molecule has 5 nitrogen and oxygen atoms in total. The van der Waals surface area contributed by atoms with Crippen LogP contribution in [-0.2, 0) is 21.1 Å². The van der Waals surface area contributed by atoms with Crippen LogP contribution >= 0.6 is 11.8 Å². The minimum atomic E-state index is -3.07. The number of aryl methyl sites for hydroxylation is 1. The van der Waals surface area contributed by atoms with Crippen molar-refractivity contribution in [1.29, 1.82) is 0 Å². The van der Waals surface area contributed by atoms with Gasteiger partial charge < -0.3 is 4.90 Å². The van der Waals surface area contributed by atoms with Gasteiger partial charge in [-0.15, -0.1) is 0 Å². The quantitative estimate of drug-likeness (QED) is 0.717. The highest BCUT2D eigenvalue weighted by Gasteiger charge is 2.49. The topological polar surface area (TPSA) is 66.8 Å². The third-order valence-electron chi connectivity index (χ3n) is 5.60. The number of carbonyl (C=O) groups is 1. The van der Waals surface area contributed by atoms with Crippen molar-refractivity contribution in [3.63, 3.8) is 0 Å². The molecule has 2 aromatic carbocycles. The summed E-state index contributed by atoms with van der Waals surface area (Å²) >= 11 is 1.41. The highest BCUT2D eigenvalue weighted by molar-refractivity contribution is 8.16. The summed E-state index contributed by atoms with van der Waals surface area (Å²) in [6.45, 7) is 6.28. The van der Waals surface area contributed by atoms with Crippen molar-refractivity contribution >= 4 is 38.4 Å². The Morgan fingerprint density at radius 2 is 1.77 bits per heavy atom. The number of nitrogens with zero attached hydrogens (tertiary/aromatic N) is 2. The third kappa shape index (κ3) is 4.47. The van der Waals surface area contributed by atoms with Gasteiger partial charge in [0.15, 0.2) is 15.0 Å². The van der Waals surface area contributed by atoms with Gasteiger partial charge in [-0.25, -0.2) is 8.42 Å². The molecule has 2 aliphatic heterocycles. The van der Waals surface area contributed by atoms with E-state index in [0.717, 1.165) is 16.8 Å². The van der Waals surface area contributed by atoms with Gasteiger partial charge in [-0.1, -0.05) is 67.6 Å². The first-order chi connectivity index (χ1) is 14.2. The second-order valence-corrected chi connectivity index (χ2v) is 11.7. The van der Waals surface area contributed by atoms with Crippen LogP contribution in [0.15, 0.2) is 53.5 Å². The van der Waals surface area contributed by atoms with E-state index >= 15 is 0 Å². The lowest BCUT2D eigenvalue weighted by Crippen LogP contribution is -2.37. The molecule has 0 aliphatic carbocycles. The molecule has 1 amide bonds. The molecular weight excluding hydrogens is 416 g/mol. The molecule has 0 bridgehead atoms. The molecule has 7 heteroatoms. The van der Waals surface area contributed by atoms with Crippen molar-refractivity contribution < 1.29 is 13.2 Å². The van der Waals surface area contributed by atoms with Crippen LogP contribution < -0.4 is 4.90 Å². The zero-order chi connectivity index (χ0) is 21.5. The Balaban J connectivity index is 1.62. The Kier molecular flexibility index (Phi) is 5.77. The van der Waals surface area contributed by atoms with Gasteiger partial charge in [-0.05, 0) is 36.1 Å². The van der Waals surface area contributed by atoms with Gasteiger partial charge in [0.1, 0.15) is 0 Å². The van der Waals surface area contributed by atoms with Crippen LogP contribution in [0.3, 0.4) is 0 Å². The number of sulfone groups is 1. The van der Waals surface area contributed by atoms with Gasteiger partial charge >= 0.3 is 0 Å². The number of anilines is 1. The summed E-state index contributed by atoms with van der Waals surface area (Å²) in [6, 6.07) is 15.8. The molecule has 2 saturated heterocycles. The van der Waals surface area contributed by atoms with E-state index in [4.69, 9.17) is 0 Å². The van der Waals surface area contributed by atoms with E-state index in [1.807, 2.05) is 48.2 Å². The first-order valence-electron chi connectivity index (χ1n) is 10.2. The number of rotatable bonds is 4. The summed E-state index contributed by atoms with van der Waals surface area (Å²) in [5.74, 6) is 0.430. The summed E-state index contributed by atoms with van der Waals surface area (Å²) < 4.78 is 24.4. The third-order valence-corrected chi connectivity index (χ3v) is 8.81. The van der Waals surface area contributed by atoms with E-state index in [0.29, 0.717) is 11.1 Å². The van der Waals surface area contributed by atoms with Gasteiger partial charge in [0.25, 0.3) is 5.91 Å². The van der Waals surface area contributed by atoms with E-state index in [2.05, 4.69) is 31.0 Å². The van der Waals surface area contributed by atoms with E-state index in [1.54, 1.807) is 0 Å². The van der Waals surface area contributed by atoms with E-state index in [-0.39, 0.29) is 35.1 Å². The Morgan fingerprint density at radius 1 is 1.10 bits per heavy atom. The fraction of sp³-hybridized carbons (Fsp3) is 0.391. The van der Waals surface area contributed by atoms with Gasteiger partial charge in [-0.3, -0.25) is 4.79 Å². The molecule has 2 aliphatic rings. The Hall–Kier alpha value is -2.12. The largest absolute Gasteiger partial charge is 0.316 e. The lowest BCUT2D eigenvalue weighted by molar-refractivity contribution is -0.117. The summed E-state index contributed by atoms with van der Waals surface area (Å²) in [6.07, 6.45) is 0.234. The predicted molar refractivity (Wildman–Crippen MR) is 124 cm³/mol. The van der Waals surface area contributed by atoms with Crippen LogP contribution in [-0.4, -0.2) is 42.3 Å². The van der Waals surface area contributed by atoms with Crippen LogP contribution in [0.2, 0.25) is 0 Å². The van der Waals surface area contributed by atoms with E-state index < -0.39 is 9.84 Å². The molecule has 2 heterocycles. The maximum Gasteiger partial charge on any atom is 0.252 e. The molecule has 0 aromatic heterocycles. The van der Waals surface area contributed by atoms with Crippen molar-refractivity contribution in [2.24, 2.45) is 4.99 Å². The number of hydrogen-bond acceptors (Lipinski definition) is 4. The SMILES string of the molecule is Cc1ccc(CC(=O)N=C2SC3CS(=O)(=O)CC3N2c2ccc(C(C)C)cc2)cc1. The zero-order valence-electron chi connectivity index (χ0n) is 17.4. The number of amidine groups is 1. The van der Waals surface area contributed by atoms with Crippen LogP contribution in [0.4, 0.5) is 5.69 Å². The average molecular weight is 443 g/mol. The monoisotopic (exact) mass is 442 g/mol. The minimum Gasteiger partial charge on any atom is -0.316 e. The minimum absolute atomic E-state index is 0.0919. The smallest absolute Gasteiger partial charge is 0.252 e. The average Bonchev–Trinajstić information content (AvgIpc) is 3.14. The number of aliphatic imine (C=N–C) groups is 1. The van der Waals surface area contributed by atoms with Crippen LogP contribution in [0.1, 0.15) is 36.5 Å². The Bertz CT molecular complexity index is 1070. The lowest BCUT2D eigenvalue weighted by atomic mass is 10.0.